The van der Waals surface area contributed by atoms with E-state index < -0.39 is 17.8 Å². The van der Waals surface area contributed by atoms with Gasteiger partial charge in [-0.3, -0.25) is 9.59 Å². The second-order valence-electron chi connectivity index (χ2n) is 4.56. The van der Waals surface area contributed by atoms with Gasteiger partial charge >= 0.3 is 0 Å². The lowest BCUT2D eigenvalue weighted by atomic mass is 10.1. The van der Waals surface area contributed by atoms with E-state index in [1.54, 1.807) is 11.8 Å². The Kier molecular flexibility index (Phi) is 6.14. The van der Waals surface area contributed by atoms with E-state index in [2.05, 4.69) is 21.2 Å². The smallest absolute Gasteiger partial charge is 0.253 e. The Hall–Kier alpha value is -1.63. The van der Waals surface area contributed by atoms with Gasteiger partial charge in [-0.15, -0.1) is 0 Å². The molecular weight excluding hydrogens is 341 g/mol. The number of nitrogen functional groups attached to an aromatic ring is 1. The van der Waals surface area contributed by atoms with Crippen molar-refractivity contribution >= 4 is 33.4 Å². The van der Waals surface area contributed by atoms with Crippen molar-refractivity contribution in [1.29, 1.82) is 0 Å². The van der Waals surface area contributed by atoms with Crippen molar-refractivity contribution in [3.63, 3.8) is 0 Å². The van der Waals surface area contributed by atoms with E-state index in [9.17, 15) is 14.0 Å². The Bertz CT molecular complexity index is 547. The summed E-state index contributed by atoms with van der Waals surface area (Å²) in [5.41, 5.74) is 5.53. The summed E-state index contributed by atoms with van der Waals surface area (Å²) in [6, 6.07) is 1.69. The lowest BCUT2D eigenvalue weighted by Crippen LogP contribution is -2.46. The Morgan fingerprint density at radius 3 is 2.48 bits per heavy atom. The fourth-order valence-electron chi connectivity index (χ4n) is 1.89. The fraction of sp³-hybridized carbons (Fsp3) is 0.429. The summed E-state index contributed by atoms with van der Waals surface area (Å²) in [5, 5.41) is 2.59. The highest BCUT2D eigenvalue weighted by Gasteiger charge is 2.22. The zero-order valence-corrected chi connectivity index (χ0v) is 13.8. The number of likely N-dealkylation sites (N-methyl/N-ethyl adjacent to an activating group) is 1. The number of nitrogens with zero attached hydrogens (tertiary/aromatic N) is 1. The Labute approximate surface area is 131 Å². The van der Waals surface area contributed by atoms with Gasteiger partial charge in [-0.1, -0.05) is 0 Å². The van der Waals surface area contributed by atoms with Gasteiger partial charge in [0.25, 0.3) is 5.91 Å². The number of nitrogens with one attached hydrogen (secondary N) is 1. The molecule has 0 aliphatic heterocycles. The van der Waals surface area contributed by atoms with Crippen molar-refractivity contribution in [3.8, 4) is 0 Å². The van der Waals surface area contributed by atoms with Crippen molar-refractivity contribution in [3.05, 3.63) is 28.0 Å². The van der Waals surface area contributed by atoms with Gasteiger partial charge in [0.1, 0.15) is 11.9 Å². The van der Waals surface area contributed by atoms with Crippen LogP contribution in [-0.2, 0) is 4.79 Å². The first-order valence-corrected chi connectivity index (χ1v) is 7.45. The molecule has 0 saturated heterocycles. The monoisotopic (exact) mass is 359 g/mol. The van der Waals surface area contributed by atoms with Crippen LogP contribution in [0.2, 0.25) is 0 Å². The topological polar surface area (TPSA) is 75.4 Å². The van der Waals surface area contributed by atoms with Crippen LogP contribution in [0.1, 0.15) is 31.1 Å². The van der Waals surface area contributed by atoms with Crippen LogP contribution in [0.15, 0.2) is 16.6 Å². The second-order valence-corrected chi connectivity index (χ2v) is 5.41. The number of benzene rings is 1. The van der Waals surface area contributed by atoms with Gasteiger partial charge in [0.2, 0.25) is 5.91 Å². The van der Waals surface area contributed by atoms with Gasteiger partial charge in [0.05, 0.1) is 11.3 Å². The van der Waals surface area contributed by atoms with Crippen LogP contribution in [0.4, 0.5) is 10.1 Å². The zero-order chi connectivity index (χ0) is 16.2. The normalized spacial score (nSPS) is 11.9. The summed E-state index contributed by atoms with van der Waals surface area (Å²) in [5.74, 6) is -1.26. The number of anilines is 1. The summed E-state index contributed by atoms with van der Waals surface area (Å²) >= 11 is 3.11. The maximum absolute atomic E-state index is 13.3. The highest BCUT2D eigenvalue weighted by atomic mass is 79.9. The molecule has 1 unspecified atom stereocenters. The number of halogens is 2. The van der Waals surface area contributed by atoms with Crippen molar-refractivity contribution < 1.29 is 14.0 Å². The lowest BCUT2D eigenvalue weighted by molar-refractivity contribution is -0.132. The molecule has 1 atom stereocenters. The van der Waals surface area contributed by atoms with Crippen LogP contribution in [0, 0.1) is 5.82 Å². The van der Waals surface area contributed by atoms with Gasteiger partial charge in [-0.2, -0.15) is 0 Å². The van der Waals surface area contributed by atoms with Crippen LogP contribution in [0.5, 0.6) is 0 Å². The number of amides is 2. The number of carbonyl (C=O) groups is 2. The van der Waals surface area contributed by atoms with Crippen molar-refractivity contribution in [2.75, 3.05) is 18.8 Å². The van der Waals surface area contributed by atoms with E-state index in [0.29, 0.717) is 13.1 Å². The molecule has 3 N–H and O–H groups in total. The van der Waals surface area contributed by atoms with E-state index in [0.717, 1.165) is 6.07 Å². The molecule has 1 aromatic carbocycles. The van der Waals surface area contributed by atoms with E-state index >= 15 is 0 Å². The van der Waals surface area contributed by atoms with Crippen molar-refractivity contribution in [1.82, 2.24) is 10.2 Å². The van der Waals surface area contributed by atoms with Gasteiger partial charge in [-0.05, 0) is 48.8 Å². The van der Waals surface area contributed by atoms with E-state index in [-0.39, 0.29) is 21.6 Å². The summed E-state index contributed by atoms with van der Waals surface area (Å²) < 4.78 is 13.5. The number of nitrogens with two attached hydrogens (primary N) is 1. The molecule has 0 radical (unpaired) electrons. The molecule has 21 heavy (non-hydrogen) atoms. The van der Waals surface area contributed by atoms with Gasteiger partial charge in [-0.25, -0.2) is 4.39 Å². The minimum atomic E-state index is -0.671. The predicted molar refractivity (Wildman–Crippen MR) is 83.4 cm³/mol. The fourth-order valence-corrected chi connectivity index (χ4v) is 2.38. The van der Waals surface area contributed by atoms with Crippen molar-refractivity contribution in [2.45, 2.75) is 26.8 Å². The molecule has 0 saturated carbocycles. The molecule has 0 aromatic heterocycles. The molecule has 2 amide bonds. The van der Waals surface area contributed by atoms with Crippen LogP contribution < -0.4 is 11.1 Å². The molecule has 0 fully saturated rings. The summed E-state index contributed by atoms with van der Waals surface area (Å²) in [6.45, 7) is 6.49. The zero-order valence-electron chi connectivity index (χ0n) is 12.2. The molecule has 116 valence electrons. The molecule has 0 aliphatic carbocycles. The summed E-state index contributed by atoms with van der Waals surface area (Å²) in [6.07, 6.45) is 0. The average Bonchev–Trinajstić information content (AvgIpc) is 2.43. The van der Waals surface area contributed by atoms with Crippen LogP contribution in [0.25, 0.3) is 0 Å². The summed E-state index contributed by atoms with van der Waals surface area (Å²) in [7, 11) is 0. The molecule has 5 nitrogen and oxygen atoms in total. The maximum atomic E-state index is 13.3. The lowest BCUT2D eigenvalue weighted by Gasteiger charge is -2.23. The van der Waals surface area contributed by atoms with E-state index in [1.807, 2.05) is 13.8 Å². The van der Waals surface area contributed by atoms with E-state index in [4.69, 9.17) is 5.73 Å². The standard InChI is InChI=1S/C14H19BrFN3O2/c1-4-19(5-2)14(21)8(3)18-13(20)9-6-12(17)11(16)7-10(9)15/h6-8H,4-5,17H2,1-3H3,(H,18,20). The molecule has 0 bridgehead atoms. The van der Waals surface area contributed by atoms with E-state index in [1.165, 1.54) is 6.07 Å². The van der Waals surface area contributed by atoms with Crippen LogP contribution >= 0.6 is 15.9 Å². The molecular formula is C14H19BrFN3O2. The minimum absolute atomic E-state index is 0.119. The molecule has 0 heterocycles. The molecule has 1 rings (SSSR count). The third-order valence-electron chi connectivity index (χ3n) is 3.12. The SMILES string of the molecule is CCN(CC)C(=O)C(C)NC(=O)c1cc(N)c(F)cc1Br. The number of carbonyl (C=O) groups excluding carboxylic acids is 2. The first-order valence-electron chi connectivity index (χ1n) is 6.65. The average molecular weight is 360 g/mol. The van der Waals surface area contributed by atoms with Crippen LogP contribution in [-0.4, -0.2) is 35.8 Å². The third-order valence-corrected chi connectivity index (χ3v) is 3.78. The summed E-state index contributed by atoms with van der Waals surface area (Å²) in [4.78, 5) is 25.9. The van der Waals surface area contributed by atoms with Crippen LogP contribution in [0.3, 0.4) is 0 Å². The van der Waals surface area contributed by atoms with Gasteiger partial charge in [0.15, 0.2) is 0 Å². The maximum Gasteiger partial charge on any atom is 0.253 e. The third kappa shape index (κ3) is 4.17. The highest BCUT2D eigenvalue weighted by molar-refractivity contribution is 9.10. The molecule has 0 aliphatic rings. The Morgan fingerprint density at radius 2 is 1.95 bits per heavy atom. The van der Waals surface area contributed by atoms with Crippen molar-refractivity contribution in [2.24, 2.45) is 0 Å². The first-order chi connectivity index (χ1) is 9.81. The highest BCUT2D eigenvalue weighted by Crippen LogP contribution is 2.22. The number of hydrogen-bond acceptors (Lipinski definition) is 3. The quantitative estimate of drug-likeness (QED) is 0.791. The number of rotatable bonds is 5. The minimum Gasteiger partial charge on any atom is -0.396 e. The molecule has 0 spiro atoms. The van der Waals surface area contributed by atoms with Gasteiger partial charge < -0.3 is 16.0 Å². The molecule has 7 heteroatoms. The Balaban J connectivity index is 2.86. The largest absolute Gasteiger partial charge is 0.396 e. The van der Waals surface area contributed by atoms with Gasteiger partial charge in [0, 0.05) is 17.6 Å². The second kappa shape index (κ2) is 7.40. The number of hydrogen-bond donors (Lipinski definition) is 2. The molecule has 1 aromatic rings. The Morgan fingerprint density at radius 1 is 1.38 bits per heavy atom. The first kappa shape index (κ1) is 17.4. The predicted octanol–water partition coefficient (Wildman–Crippen LogP) is 2.16.